The summed E-state index contributed by atoms with van der Waals surface area (Å²) in [6, 6.07) is 12.3. The number of ether oxygens (including phenoxy) is 1. The van der Waals surface area contributed by atoms with Gasteiger partial charge in [0.15, 0.2) is 0 Å². The molecule has 2 aromatic carbocycles. The van der Waals surface area contributed by atoms with Crippen LogP contribution in [0, 0.1) is 0 Å². The van der Waals surface area contributed by atoms with Crippen molar-refractivity contribution in [3.63, 3.8) is 0 Å². The molecule has 0 fully saturated rings. The fourth-order valence-corrected chi connectivity index (χ4v) is 2.25. The lowest BCUT2D eigenvalue weighted by Gasteiger charge is -2.15. The minimum atomic E-state index is 0. The van der Waals surface area contributed by atoms with E-state index < -0.39 is 0 Å². The van der Waals surface area contributed by atoms with E-state index in [1.165, 1.54) is 10.9 Å². The predicted octanol–water partition coefficient (Wildman–Crippen LogP) is 4.24. The number of benzene rings is 2. The maximum absolute atomic E-state index is 6.25. The van der Waals surface area contributed by atoms with Crippen molar-refractivity contribution in [1.29, 1.82) is 0 Å². The molecule has 0 radical (unpaired) electrons. The van der Waals surface area contributed by atoms with Gasteiger partial charge in [0.2, 0.25) is 0 Å². The van der Waals surface area contributed by atoms with E-state index >= 15 is 0 Å². The van der Waals surface area contributed by atoms with E-state index in [-0.39, 0.29) is 18.4 Å². The third-order valence-corrected chi connectivity index (χ3v) is 3.22. The first-order valence-corrected chi connectivity index (χ1v) is 6.20. The summed E-state index contributed by atoms with van der Waals surface area (Å²) in [5.74, 6) is 0.894. The zero-order valence-corrected chi connectivity index (χ0v) is 12.0. The lowest BCUT2D eigenvalue weighted by molar-refractivity contribution is 0.419. The average Bonchev–Trinajstić information content (AvgIpc) is 2.43. The van der Waals surface area contributed by atoms with Gasteiger partial charge >= 0.3 is 0 Å². The Morgan fingerprint density at radius 3 is 2.53 bits per heavy atom. The second kappa shape index (κ2) is 7.17. The van der Waals surface area contributed by atoms with Crippen molar-refractivity contribution in [3.05, 3.63) is 54.6 Å². The molecule has 0 amide bonds. The van der Waals surface area contributed by atoms with Gasteiger partial charge < -0.3 is 10.5 Å². The summed E-state index contributed by atoms with van der Waals surface area (Å²) in [5, 5.41) is 2.29. The van der Waals surface area contributed by atoms with Crippen molar-refractivity contribution in [1.82, 2.24) is 0 Å². The zero-order chi connectivity index (χ0) is 13.0. The van der Waals surface area contributed by atoms with Crippen LogP contribution in [-0.4, -0.2) is 7.11 Å². The lowest BCUT2D eigenvalue weighted by atomic mass is 9.96. The van der Waals surface area contributed by atoms with E-state index in [1.54, 1.807) is 7.11 Å². The van der Waals surface area contributed by atoms with E-state index in [9.17, 15) is 0 Å². The normalized spacial score (nSPS) is 11.7. The number of nitrogens with two attached hydrogens (primary N) is 1. The highest BCUT2D eigenvalue weighted by molar-refractivity contribution is 5.91. The van der Waals surface area contributed by atoms with E-state index in [1.807, 2.05) is 24.3 Å². The number of allylic oxidation sites excluding steroid dienone is 1. The molecule has 0 saturated carbocycles. The van der Waals surface area contributed by atoms with Crippen LogP contribution < -0.4 is 10.5 Å². The van der Waals surface area contributed by atoms with Crippen LogP contribution in [0.1, 0.15) is 24.4 Å². The van der Waals surface area contributed by atoms with Crippen molar-refractivity contribution in [2.75, 3.05) is 7.11 Å². The topological polar surface area (TPSA) is 35.2 Å². The van der Waals surface area contributed by atoms with Crippen molar-refractivity contribution < 1.29 is 4.74 Å². The average molecular weight is 278 g/mol. The molecule has 2 aromatic rings. The predicted molar refractivity (Wildman–Crippen MR) is 84.1 cm³/mol. The van der Waals surface area contributed by atoms with Gasteiger partial charge in [0.05, 0.1) is 7.11 Å². The molecule has 0 aliphatic heterocycles. The van der Waals surface area contributed by atoms with Gasteiger partial charge in [0, 0.05) is 11.4 Å². The zero-order valence-electron chi connectivity index (χ0n) is 11.1. The first-order chi connectivity index (χ1) is 8.77. The first-order valence-electron chi connectivity index (χ1n) is 6.20. The second-order valence-corrected chi connectivity index (χ2v) is 4.38. The highest BCUT2D eigenvalue weighted by Gasteiger charge is 2.11. The maximum Gasteiger partial charge on any atom is 0.126 e. The van der Waals surface area contributed by atoms with Gasteiger partial charge in [-0.25, -0.2) is 0 Å². The smallest absolute Gasteiger partial charge is 0.126 e. The summed E-state index contributed by atoms with van der Waals surface area (Å²) >= 11 is 0. The Bertz CT molecular complexity index is 553. The van der Waals surface area contributed by atoms with E-state index in [0.717, 1.165) is 24.0 Å². The highest BCUT2D eigenvalue weighted by atomic mass is 35.5. The molecule has 0 aliphatic rings. The number of methoxy groups -OCH3 is 1. The van der Waals surface area contributed by atoms with E-state index in [0.29, 0.717) is 0 Å². The monoisotopic (exact) mass is 277 g/mol. The van der Waals surface area contributed by atoms with Crippen molar-refractivity contribution in [2.24, 2.45) is 5.73 Å². The van der Waals surface area contributed by atoms with Gasteiger partial charge in [-0.1, -0.05) is 36.4 Å². The molecule has 0 aromatic heterocycles. The lowest BCUT2D eigenvalue weighted by Crippen LogP contribution is -2.10. The van der Waals surface area contributed by atoms with Crippen LogP contribution >= 0.6 is 12.4 Å². The fraction of sp³-hybridized carbons (Fsp3) is 0.250. The van der Waals surface area contributed by atoms with Crippen LogP contribution in [0.25, 0.3) is 10.8 Å². The first kappa shape index (κ1) is 15.5. The van der Waals surface area contributed by atoms with Crippen LogP contribution in [0.15, 0.2) is 49.1 Å². The van der Waals surface area contributed by atoms with Crippen LogP contribution in [-0.2, 0) is 0 Å². The third-order valence-electron chi connectivity index (χ3n) is 3.22. The summed E-state index contributed by atoms with van der Waals surface area (Å²) in [5.41, 5.74) is 7.42. The van der Waals surface area contributed by atoms with Gasteiger partial charge in [-0.3, -0.25) is 0 Å². The van der Waals surface area contributed by atoms with Gasteiger partial charge in [-0.05, 0) is 29.9 Å². The quantitative estimate of drug-likeness (QED) is 0.830. The van der Waals surface area contributed by atoms with Crippen molar-refractivity contribution in [2.45, 2.75) is 18.9 Å². The summed E-state index contributed by atoms with van der Waals surface area (Å²) < 4.78 is 5.39. The molecule has 2 nitrogen and oxygen atoms in total. The molecule has 3 heteroatoms. The standard InChI is InChI=1S/C16H19NO.ClH/c1-3-4-9-15(17)13-10-11-16(18-2)14-8-6-5-7-12(13)14;/h3,5-8,10-11,15H,1,4,9,17H2,2H3;1H/t15-;/m0./s1. The molecule has 0 spiro atoms. The molecule has 0 heterocycles. The summed E-state index contributed by atoms with van der Waals surface area (Å²) in [7, 11) is 1.69. The highest BCUT2D eigenvalue weighted by Crippen LogP contribution is 2.32. The molecule has 102 valence electrons. The molecule has 0 aliphatic carbocycles. The Balaban J connectivity index is 0.00000180. The minimum Gasteiger partial charge on any atom is -0.496 e. The number of halogens is 1. The molecule has 0 saturated heterocycles. The van der Waals surface area contributed by atoms with Gasteiger partial charge in [0.1, 0.15) is 5.75 Å². The Kier molecular flexibility index (Phi) is 5.87. The summed E-state index contributed by atoms with van der Waals surface area (Å²) in [6.07, 6.45) is 3.76. The minimum absolute atomic E-state index is 0. The molecular weight excluding hydrogens is 258 g/mol. The van der Waals surface area contributed by atoms with Gasteiger partial charge in [0.25, 0.3) is 0 Å². The molecule has 2 N–H and O–H groups in total. The molecule has 0 unspecified atom stereocenters. The van der Waals surface area contributed by atoms with E-state index in [2.05, 4.69) is 24.8 Å². The maximum atomic E-state index is 6.25. The number of hydrogen-bond donors (Lipinski definition) is 1. The Morgan fingerprint density at radius 1 is 1.21 bits per heavy atom. The third kappa shape index (κ3) is 3.28. The summed E-state index contributed by atoms with van der Waals surface area (Å²) in [6.45, 7) is 3.74. The van der Waals surface area contributed by atoms with Crippen LogP contribution in [0.4, 0.5) is 0 Å². The molecule has 0 bridgehead atoms. The largest absolute Gasteiger partial charge is 0.496 e. The summed E-state index contributed by atoms with van der Waals surface area (Å²) in [4.78, 5) is 0. The second-order valence-electron chi connectivity index (χ2n) is 4.38. The Labute approximate surface area is 120 Å². The molecule has 1 atom stereocenters. The molecule has 19 heavy (non-hydrogen) atoms. The fourth-order valence-electron chi connectivity index (χ4n) is 2.25. The SMILES string of the molecule is C=CCC[C@H](N)c1ccc(OC)c2ccccc12.Cl. The van der Waals surface area contributed by atoms with Crippen LogP contribution in [0.2, 0.25) is 0 Å². The van der Waals surface area contributed by atoms with Gasteiger partial charge in [-0.15, -0.1) is 19.0 Å². The van der Waals surface area contributed by atoms with Crippen molar-refractivity contribution in [3.8, 4) is 5.75 Å². The van der Waals surface area contributed by atoms with E-state index in [4.69, 9.17) is 10.5 Å². The molecule has 2 rings (SSSR count). The number of rotatable bonds is 5. The number of hydrogen-bond acceptors (Lipinski definition) is 2. The van der Waals surface area contributed by atoms with Gasteiger partial charge in [-0.2, -0.15) is 0 Å². The van der Waals surface area contributed by atoms with Crippen LogP contribution in [0.3, 0.4) is 0 Å². The number of fused-ring (bicyclic) bond motifs is 1. The molecular formula is C16H20ClNO. The van der Waals surface area contributed by atoms with Crippen molar-refractivity contribution >= 4 is 23.2 Å². The van der Waals surface area contributed by atoms with Crippen LogP contribution in [0.5, 0.6) is 5.75 Å². The Morgan fingerprint density at radius 2 is 1.89 bits per heavy atom. The Hall–Kier alpha value is -1.51.